The molecule has 4 rings (SSSR count). The lowest BCUT2D eigenvalue weighted by atomic mass is 10.2. The summed E-state index contributed by atoms with van der Waals surface area (Å²) in [4.78, 5) is 44.2. The van der Waals surface area contributed by atoms with E-state index in [4.69, 9.17) is 0 Å². The fourth-order valence-electron chi connectivity index (χ4n) is 2.97. The van der Waals surface area contributed by atoms with Gasteiger partial charge in [-0.3, -0.25) is 19.5 Å². The van der Waals surface area contributed by atoms with Gasteiger partial charge in [0.25, 0.3) is 11.5 Å². The lowest BCUT2D eigenvalue weighted by Gasteiger charge is -2.08. The van der Waals surface area contributed by atoms with Crippen molar-refractivity contribution in [3.8, 4) is 0 Å². The van der Waals surface area contributed by atoms with Crippen LogP contribution in [0.5, 0.6) is 0 Å². The van der Waals surface area contributed by atoms with Gasteiger partial charge >= 0.3 is 5.69 Å². The minimum absolute atomic E-state index is 0.114. The summed E-state index contributed by atoms with van der Waals surface area (Å²) in [5, 5.41) is 2.62. The molecule has 12 heteroatoms. The predicted molar refractivity (Wildman–Crippen MR) is 118 cm³/mol. The summed E-state index contributed by atoms with van der Waals surface area (Å²) in [6.45, 7) is -0.350. The highest BCUT2D eigenvalue weighted by Gasteiger charge is 2.18. The van der Waals surface area contributed by atoms with E-state index in [-0.39, 0.29) is 27.7 Å². The number of rotatable bonds is 5. The molecule has 164 valence electrons. The summed E-state index contributed by atoms with van der Waals surface area (Å²) in [6, 6.07) is 10.0. The maximum atomic E-state index is 13.9. The summed E-state index contributed by atoms with van der Waals surface area (Å²) in [5.74, 6) is -1.41. The van der Waals surface area contributed by atoms with Gasteiger partial charge in [0.05, 0.1) is 21.7 Å². The number of halogens is 1. The number of sulfone groups is 1. The number of thiazole rings is 1. The quantitative estimate of drug-likeness (QED) is 0.455. The van der Waals surface area contributed by atoms with Gasteiger partial charge < -0.3 is 4.98 Å². The summed E-state index contributed by atoms with van der Waals surface area (Å²) in [7, 11) is -3.41. The zero-order valence-electron chi connectivity index (χ0n) is 16.5. The minimum Gasteiger partial charge on any atom is -0.313 e. The minimum atomic E-state index is -3.41. The second-order valence-electron chi connectivity index (χ2n) is 6.87. The highest BCUT2D eigenvalue weighted by Crippen LogP contribution is 2.28. The van der Waals surface area contributed by atoms with Crippen molar-refractivity contribution in [2.24, 2.45) is 0 Å². The van der Waals surface area contributed by atoms with Crippen LogP contribution in [0, 0.1) is 5.82 Å². The molecule has 0 atom stereocenters. The summed E-state index contributed by atoms with van der Waals surface area (Å²) in [6.07, 6.45) is 2.06. The standard InChI is InChI=1S/C20H15FN4O5S2/c1-32(29,30)12-6-7-15-16(8-12)31-19(23-15)24-17(26)13-9-22-20(28)25(18(13)27)10-11-4-2-3-5-14(11)21/h2-9H,10H2,1H3,(H,22,28)(H,23,24,26). The number of aromatic amines is 1. The van der Waals surface area contributed by atoms with Gasteiger partial charge in [-0.05, 0) is 24.3 Å². The van der Waals surface area contributed by atoms with Crippen LogP contribution < -0.4 is 16.6 Å². The number of amides is 1. The van der Waals surface area contributed by atoms with Crippen LogP contribution >= 0.6 is 11.3 Å². The van der Waals surface area contributed by atoms with E-state index in [9.17, 15) is 27.2 Å². The molecular formula is C20H15FN4O5S2. The lowest BCUT2D eigenvalue weighted by molar-refractivity contribution is 0.102. The lowest BCUT2D eigenvalue weighted by Crippen LogP contribution is -2.39. The van der Waals surface area contributed by atoms with E-state index in [1.165, 1.54) is 36.4 Å². The maximum Gasteiger partial charge on any atom is 0.328 e. The Hall–Kier alpha value is -3.64. The first-order valence-corrected chi connectivity index (χ1v) is 11.8. The summed E-state index contributed by atoms with van der Waals surface area (Å²) < 4.78 is 38.6. The maximum absolute atomic E-state index is 13.9. The molecule has 1 amide bonds. The Morgan fingerprint density at radius 3 is 2.69 bits per heavy atom. The van der Waals surface area contributed by atoms with Gasteiger partial charge in [-0.1, -0.05) is 29.5 Å². The Labute approximate surface area is 184 Å². The van der Waals surface area contributed by atoms with Crippen molar-refractivity contribution in [1.29, 1.82) is 0 Å². The predicted octanol–water partition coefficient (Wildman–Crippen LogP) is 1.99. The number of fused-ring (bicyclic) bond motifs is 1. The number of nitrogens with one attached hydrogen (secondary N) is 2. The second-order valence-corrected chi connectivity index (χ2v) is 9.91. The number of benzene rings is 2. The first-order valence-electron chi connectivity index (χ1n) is 9.11. The number of hydrogen-bond acceptors (Lipinski definition) is 7. The molecule has 0 aliphatic heterocycles. The van der Waals surface area contributed by atoms with Gasteiger partial charge in [0.2, 0.25) is 0 Å². The number of carbonyl (C=O) groups excluding carboxylic acids is 1. The van der Waals surface area contributed by atoms with Crippen molar-refractivity contribution >= 4 is 42.4 Å². The van der Waals surface area contributed by atoms with Gasteiger partial charge in [0, 0.05) is 18.0 Å². The van der Waals surface area contributed by atoms with Crippen LogP contribution in [-0.4, -0.2) is 35.1 Å². The average Bonchev–Trinajstić information content (AvgIpc) is 3.13. The molecule has 0 unspecified atom stereocenters. The van der Waals surface area contributed by atoms with Gasteiger partial charge in [-0.2, -0.15) is 0 Å². The number of aromatic nitrogens is 3. The molecule has 32 heavy (non-hydrogen) atoms. The Morgan fingerprint density at radius 1 is 1.22 bits per heavy atom. The zero-order chi connectivity index (χ0) is 23.0. The molecule has 2 N–H and O–H groups in total. The highest BCUT2D eigenvalue weighted by molar-refractivity contribution is 7.90. The van der Waals surface area contributed by atoms with Crippen LogP contribution in [0.1, 0.15) is 15.9 Å². The second kappa shape index (κ2) is 8.13. The summed E-state index contributed by atoms with van der Waals surface area (Å²) >= 11 is 1.03. The van der Waals surface area contributed by atoms with Gasteiger partial charge in [-0.15, -0.1) is 0 Å². The van der Waals surface area contributed by atoms with Crippen molar-refractivity contribution in [2.75, 3.05) is 11.6 Å². The third kappa shape index (κ3) is 4.22. The average molecular weight is 474 g/mol. The van der Waals surface area contributed by atoms with Crippen molar-refractivity contribution in [1.82, 2.24) is 14.5 Å². The van der Waals surface area contributed by atoms with Crippen molar-refractivity contribution < 1.29 is 17.6 Å². The van der Waals surface area contributed by atoms with E-state index in [0.717, 1.165) is 28.4 Å². The number of anilines is 1. The van der Waals surface area contributed by atoms with Crippen molar-refractivity contribution in [3.05, 3.63) is 86.4 Å². The monoisotopic (exact) mass is 474 g/mol. The SMILES string of the molecule is CS(=O)(=O)c1ccc2nc(NC(=O)c3c[nH]c(=O)n(Cc4ccccc4F)c3=O)sc2c1. The first kappa shape index (κ1) is 21.6. The highest BCUT2D eigenvalue weighted by atomic mass is 32.2. The molecule has 0 saturated heterocycles. The molecule has 0 aliphatic carbocycles. The molecule has 0 saturated carbocycles. The Morgan fingerprint density at radius 2 is 1.97 bits per heavy atom. The van der Waals surface area contributed by atoms with E-state index < -0.39 is 32.8 Å². The molecule has 2 aromatic carbocycles. The van der Waals surface area contributed by atoms with E-state index in [0.29, 0.717) is 10.2 Å². The molecule has 0 fully saturated rings. The third-order valence-corrected chi connectivity index (χ3v) is 6.64. The molecule has 0 spiro atoms. The van der Waals surface area contributed by atoms with Crippen LogP contribution in [0.4, 0.5) is 9.52 Å². The molecule has 0 aliphatic rings. The van der Waals surface area contributed by atoms with E-state index >= 15 is 0 Å². The van der Waals surface area contributed by atoms with E-state index in [2.05, 4.69) is 15.3 Å². The molecule has 2 heterocycles. The smallest absolute Gasteiger partial charge is 0.313 e. The van der Waals surface area contributed by atoms with E-state index in [1.807, 2.05) is 0 Å². The first-order chi connectivity index (χ1) is 15.1. The number of carbonyl (C=O) groups is 1. The molecule has 2 aromatic heterocycles. The molecule has 0 radical (unpaired) electrons. The van der Waals surface area contributed by atoms with Crippen molar-refractivity contribution in [2.45, 2.75) is 11.4 Å². The van der Waals surface area contributed by atoms with Crippen LogP contribution in [0.2, 0.25) is 0 Å². The number of hydrogen-bond donors (Lipinski definition) is 2. The van der Waals surface area contributed by atoms with Gasteiger partial charge in [0.15, 0.2) is 15.0 Å². The molecule has 4 aromatic rings. The number of H-pyrrole nitrogens is 1. The Bertz CT molecular complexity index is 1590. The Balaban J connectivity index is 1.65. The van der Waals surface area contributed by atoms with Crippen LogP contribution in [0.25, 0.3) is 10.2 Å². The fraction of sp³-hybridized carbons (Fsp3) is 0.100. The van der Waals surface area contributed by atoms with Gasteiger partial charge in [0.1, 0.15) is 11.4 Å². The van der Waals surface area contributed by atoms with Crippen LogP contribution in [0.3, 0.4) is 0 Å². The molecule has 9 nitrogen and oxygen atoms in total. The third-order valence-electron chi connectivity index (χ3n) is 4.60. The van der Waals surface area contributed by atoms with Crippen molar-refractivity contribution in [3.63, 3.8) is 0 Å². The largest absolute Gasteiger partial charge is 0.328 e. The van der Waals surface area contributed by atoms with Crippen LogP contribution in [-0.2, 0) is 16.4 Å². The van der Waals surface area contributed by atoms with E-state index in [1.54, 1.807) is 6.07 Å². The van der Waals surface area contributed by atoms with Gasteiger partial charge in [-0.25, -0.2) is 22.6 Å². The molecule has 0 bridgehead atoms. The number of nitrogens with zero attached hydrogens (tertiary/aromatic N) is 2. The topological polar surface area (TPSA) is 131 Å². The molecular weight excluding hydrogens is 459 g/mol. The fourth-order valence-corrected chi connectivity index (χ4v) is 4.59. The zero-order valence-corrected chi connectivity index (χ0v) is 18.1. The normalized spacial score (nSPS) is 11.6. The van der Waals surface area contributed by atoms with Crippen LogP contribution in [0.15, 0.2) is 63.1 Å². The Kier molecular flexibility index (Phi) is 5.48. The summed E-state index contributed by atoms with van der Waals surface area (Å²) in [5.41, 5.74) is -1.46.